The quantitative estimate of drug-likeness (QED) is 0.568. The van der Waals surface area contributed by atoms with Crippen molar-refractivity contribution < 1.29 is 9.84 Å². The number of guanidine groups is 1. The van der Waals surface area contributed by atoms with Crippen LogP contribution in [0.3, 0.4) is 0 Å². The van der Waals surface area contributed by atoms with Crippen LogP contribution in [-0.2, 0) is 10.3 Å². The minimum Gasteiger partial charge on any atom is -0.384 e. The van der Waals surface area contributed by atoms with Gasteiger partial charge in [-0.15, -0.1) is 0 Å². The van der Waals surface area contributed by atoms with Gasteiger partial charge in [0.25, 0.3) is 0 Å². The summed E-state index contributed by atoms with van der Waals surface area (Å²) in [5, 5.41) is 21.7. The molecular weight excluding hydrogens is 334 g/mol. The first-order valence-corrected chi connectivity index (χ1v) is 10.3. The molecule has 1 aromatic rings. The Morgan fingerprint density at radius 1 is 1.48 bits per heavy atom. The molecule has 0 bridgehead atoms. The van der Waals surface area contributed by atoms with Crippen molar-refractivity contribution in [1.82, 2.24) is 10.6 Å². The fraction of sp³-hybridized carbons (Fsp3) is 0.737. The predicted octanol–water partition coefficient (Wildman–Crippen LogP) is 2.47. The molecule has 3 aliphatic rings. The van der Waals surface area contributed by atoms with Crippen LogP contribution in [0.1, 0.15) is 44.6 Å². The van der Waals surface area contributed by atoms with Crippen molar-refractivity contribution in [3.05, 3.63) is 22.4 Å². The Kier molecular flexibility index (Phi) is 4.54. The Hall–Kier alpha value is -1.11. The van der Waals surface area contributed by atoms with E-state index in [-0.39, 0.29) is 0 Å². The lowest BCUT2D eigenvalue weighted by molar-refractivity contribution is -0.125. The smallest absolute Gasteiger partial charge is 0.191 e. The highest BCUT2D eigenvalue weighted by Gasteiger charge is 2.65. The number of rotatable bonds is 4. The Morgan fingerprint density at radius 2 is 2.28 bits per heavy atom. The van der Waals surface area contributed by atoms with Crippen molar-refractivity contribution >= 4 is 17.3 Å². The summed E-state index contributed by atoms with van der Waals surface area (Å²) in [6, 6.07) is 2.42. The number of ether oxygens (including phenoxy) is 1. The SMILES string of the molecule is CN=C(NCC(C)(O)c1ccsc1)NC1C2CCOC2C12CCCC2. The number of hydrogen-bond donors (Lipinski definition) is 3. The number of fused-ring (bicyclic) bond motifs is 2. The number of nitrogens with zero attached hydrogens (tertiary/aromatic N) is 1. The minimum absolute atomic E-state index is 0.300. The van der Waals surface area contributed by atoms with Gasteiger partial charge in [0.1, 0.15) is 5.60 Å². The van der Waals surface area contributed by atoms with Gasteiger partial charge in [0.05, 0.1) is 12.6 Å². The number of aliphatic hydroxyl groups is 1. The van der Waals surface area contributed by atoms with Gasteiger partial charge in [0, 0.05) is 31.0 Å². The third-order valence-corrected chi connectivity index (χ3v) is 7.23. The zero-order chi connectivity index (χ0) is 17.5. The van der Waals surface area contributed by atoms with E-state index >= 15 is 0 Å². The molecule has 0 radical (unpaired) electrons. The Labute approximate surface area is 153 Å². The van der Waals surface area contributed by atoms with Gasteiger partial charge in [-0.05, 0) is 48.6 Å². The largest absolute Gasteiger partial charge is 0.384 e. The number of hydrogen-bond acceptors (Lipinski definition) is 4. The van der Waals surface area contributed by atoms with Gasteiger partial charge < -0.3 is 20.5 Å². The second-order valence-electron chi connectivity index (χ2n) is 8.02. The van der Waals surface area contributed by atoms with Crippen LogP contribution >= 0.6 is 11.3 Å². The second kappa shape index (κ2) is 6.56. The summed E-state index contributed by atoms with van der Waals surface area (Å²) < 4.78 is 6.06. The standard InChI is InChI=1S/C19H29N3O2S/c1-18(23,13-6-10-25-11-13)12-21-17(20-2)22-15-14-5-9-24-16(14)19(15)7-3-4-8-19/h6,10-11,14-16,23H,3-5,7-9,12H2,1-2H3,(H2,20,21,22). The molecule has 4 unspecified atom stereocenters. The number of aliphatic imine (C=N–C) groups is 1. The highest BCUT2D eigenvalue weighted by molar-refractivity contribution is 7.08. The molecule has 138 valence electrons. The van der Waals surface area contributed by atoms with E-state index < -0.39 is 5.60 Å². The van der Waals surface area contributed by atoms with Crippen LogP contribution in [0, 0.1) is 11.3 Å². The maximum atomic E-state index is 10.7. The summed E-state index contributed by atoms with van der Waals surface area (Å²) in [4.78, 5) is 4.41. The Bertz CT molecular complexity index is 623. The van der Waals surface area contributed by atoms with Crippen LogP contribution in [0.4, 0.5) is 0 Å². The fourth-order valence-electron chi connectivity index (χ4n) is 5.17. The highest BCUT2D eigenvalue weighted by Crippen LogP contribution is 2.60. The van der Waals surface area contributed by atoms with Gasteiger partial charge in [0.15, 0.2) is 5.96 Å². The molecule has 2 aliphatic carbocycles. The van der Waals surface area contributed by atoms with E-state index in [1.807, 2.05) is 23.8 Å². The normalized spacial score (nSPS) is 32.9. The second-order valence-corrected chi connectivity index (χ2v) is 8.80. The van der Waals surface area contributed by atoms with Crippen molar-refractivity contribution in [3.63, 3.8) is 0 Å². The summed E-state index contributed by atoms with van der Waals surface area (Å²) >= 11 is 1.61. The van der Waals surface area contributed by atoms with Gasteiger partial charge in [-0.3, -0.25) is 4.99 Å². The molecule has 2 heterocycles. The molecule has 1 spiro atoms. The summed E-state index contributed by atoms with van der Waals surface area (Å²) in [5.41, 5.74) is 0.344. The summed E-state index contributed by atoms with van der Waals surface area (Å²) in [6.07, 6.45) is 6.73. The third kappa shape index (κ3) is 2.88. The van der Waals surface area contributed by atoms with Crippen LogP contribution in [-0.4, -0.2) is 43.4 Å². The van der Waals surface area contributed by atoms with Gasteiger partial charge in [0.2, 0.25) is 0 Å². The van der Waals surface area contributed by atoms with Gasteiger partial charge >= 0.3 is 0 Å². The fourth-order valence-corrected chi connectivity index (χ4v) is 5.96. The maximum Gasteiger partial charge on any atom is 0.191 e. The molecule has 3 N–H and O–H groups in total. The van der Waals surface area contributed by atoms with E-state index in [4.69, 9.17) is 4.74 Å². The first-order valence-electron chi connectivity index (χ1n) is 9.41. The lowest BCUT2D eigenvalue weighted by Crippen LogP contribution is -2.69. The first kappa shape index (κ1) is 17.3. The van der Waals surface area contributed by atoms with E-state index in [0.29, 0.717) is 30.0 Å². The van der Waals surface area contributed by atoms with Crippen LogP contribution in [0.25, 0.3) is 0 Å². The van der Waals surface area contributed by atoms with E-state index in [0.717, 1.165) is 24.6 Å². The maximum absolute atomic E-state index is 10.7. The molecule has 4 rings (SSSR count). The molecule has 1 saturated heterocycles. The summed E-state index contributed by atoms with van der Waals surface area (Å²) in [5.74, 6) is 1.39. The average molecular weight is 364 g/mol. The average Bonchev–Trinajstić information content (AvgIpc) is 3.34. The third-order valence-electron chi connectivity index (χ3n) is 6.55. The first-order chi connectivity index (χ1) is 12.1. The van der Waals surface area contributed by atoms with Crippen molar-refractivity contribution in [1.29, 1.82) is 0 Å². The molecule has 0 aromatic carbocycles. The molecular formula is C19H29N3O2S. The van der Waals surface area contributed by atoms with Crippen LogP contribution < -0.4 is 10.6 Å². The van der Waals surface area contributed by atoms with E-state index in [1.165, 1.54) is 25.7 Å². The predicted molar refractivity (Wildman–Crippen MR) is 101 cm³/mol. The Morgan fingerprint density at radius 3 is 2.96 bits per heavy atom. The molecule has 1 aromatic heterocycles. The monoisotopic (exact) mass is 363 g/mol. The lowest BCUT2D eigenvalue weighted by Gasteiger charge is -2.57. The van der Waals surface area contributed by atoms with Crippen LogP contribution in [0.15, 0.2) is 21.8 Å². The van der Waals surface area contributed by atoms with Crippen LogP contribution in [0.2, 0.25) is 0 Å². The summed E-state index contributed by atoms with van der Waals surface area (Å²) in [6.45, 7) is 3.18. The summed E-state index contributed by atoms with van der Waals surface area (Å²) in [7, 11) is 1.80. The van der Waals surface area contributed by atoms with Crippen LogP contribution in [0.5, 0.6) is 0 Å². The molecule has 6 heteroatoms. The molecule has 25 heavy (non-hydrogen) atoms. The zero-order valence-electron chi connectivity index (χ0n) is 15.1. The minimum atomic E-state index is -0.902. The number of nitrogens with one attached hydrogen (secondary N) is 2. The van der Waals surface area contributed by atoms with Gasteiger partial charge in [-0.25, -0.2) is 0 Å². The van der Waals surface area contributed by atoms with E-state index in [9.17, 15) is 5.11 Å². The van der Waals surface area contributed by atoms with Gasteiger partial charge in [-0.1, -0.05) is 12.8 Å². The van der Waals surface area contributed by atoms with E-state index in [1.54, 1.807) is 18.4 Å². The molecule has 1 aliphatic heterocycles. The van der Waals surface area contributed by atoms with Gasteiger partial charge in [-0.2, -0.15) is 11.3 Å². The topological polar surface area (TPSA) is 65.9 Å². The molecule has 2 saturated carbocycles. The Balaban J connectivity index is 1.40. The lowest BCUT2D eigenvalue weighted by atomic mass is 9.54. The highest BCUT2D eigenvalue weighted by atomic mass is 32.1. The molecule has 4 atom stereocenters. The molecule has 0 amide bonds. The van der Waals surface area contributed by atoms with Crippen molar-refractivity contribution in [2.45, 2.75) is 56.8 Å². The van der Waals surface area contributed by atoms with Crippen molar-refractivity contribution in [2.24, 2.45) is 16.3 Å². The molecule has 5 nitrogen and oxygen atoms in total. The van der Waals surface area contributed by atoms with E-state index in [2.05, 4.69) is 15.6 Å². The van der Waals surface area contributed by atoms with Crippen molar-refractivity contribution in [3.8, 4) is 0 Å². The number of thiophene rings is 1. The molecule has 3 fully saturated rings. The zero-order valence-corrected chi connectivity index (χ0v) is 15.9. The van der Waals surface area contributed by atoms with Crippen molar-refractivity contribution in [2.75, 3.05) is 20.2 Å².